The molecule has 5 rings (SSSR count). The Morgan fingerprint density at radius 1 is 0.818 bits per heavy atom. The van der Waals surface area contributed by atoms with Crippen molar-refractivity contribution in [3.8, 4) is 0 Å². The first-order chi connectivity index (χ1) is 10.8. The number of nitrogens with zero attached hydrogens (tertiary/aromatic N) is 2. The predicted octanol–water partition coefficient (Wildman–Crippen LogP) is 2.96. The van der Waals surface area contributed by atoms with Crippen molar-refractivity contribution in [2.45, 2.75) is 25.0 Å². The minimum absolute atomic E-state index is 0.00815. The third-order valence-electron chi connectivity index (χ3n) is 4.76. The largest absolute Gasteiger partial charge is 0.310 e. The molecule has 3 aliphatic rings. The van der Waals surface area contributed by atoms with Crippen LogP contribution in [0.3, 0.4) is 0 Å². The Labute approximate surface area is 128 Å². The second kappa shape index (κ2) is 3.97. The summed E-state index contributed by atoms with van der Waals surface area (Å²) in [5.74, 6) is 0.0371. The monoisotopic (exact) mass is 290 g/mol. The SMILES string of the molecule is O=C1c2ccccc2[C@@H]2N1c1ccccc1C(=O)N2C1CC1. The molecular formula is C18H14N2O2. The minimum Gasteiger partial charge on any atom is -0.310 e. The second-order valence-electron chi connectivity index (χ2n) is 6.10. The number of rotatable bonds is 1. The molecule has 2 aromatic rings. The van der Waals surface area contributed by atoms with Gasteiger partial charge in [0.05, 0.1) is 11.3 Å². The highest BCUT2D eigenvalue weighted by atomic mass is 16.2. The van der Waals surface area contributed by atoms with Crippen LogP contribution in [0.1, 0.15) is 45.3 Å². The fourth-order valence-electron chi connectivity index (χ4n) is 3.65. The molecule has 0 saturated heterocycles. The van der Waals surface area contributed by atoms with Gasteiger partial charge in [-0.2, -0.15) is 0 Å². The number of hydrogen-bond acceptors (Lipinski definition) is 2. The van der Waals surface area contributed by atoms with Crippen LogP contribution in [0.15, 0.2) is 48.5 Å². The van der Waals surface area contributed by atoms with Gasteiger partial charge in [0.1, 0.15) is 6.17 Å². The van der Waals surface area contributed by atoms with Gasteiger partial charge < -0.3 is 4.90 Å². The average Bonchev–Trinajstić information content (AvgIpc) is 3.34. The number of carbonyl (C=O) groups is 2. The fraction of sp³-hybridized carbons (Fsp3) is 0.222. The highest BCUT2D eigenvalue weighted by Gasteiger charge is 2.51. The molecule has 2 aliphatic heterocycles. The van der Waals surface area contributed by atoms with Crippen molar-refractivity contribution in [3.63, 3.8) is 0 Å². The van der Waals surface area contributed by atoms with Crippen molar-refractivity contribution in [2.24, 2.45) is 0 Å². The van der Waals surface area contributed by atoms with Crippen LogP contribution >= 0.6 is 0 Å². The first-order valence-electron chi connectivity index (χ1n) is 7.61. The van der Waals surface area contributed by atoms with E-state index in [-0.39, 0.29) is 24.0 Å². The lowest BCUT2D eigenvalue weighted by atomic mass is 10.0. The van der Waals surface area contributed by atoms with E-state index in [1.165, 1.54) is 0 Å². The smallest absolute Gasteiger partial charge is 0.260 e. The third-order valence-corrected chi connectivity index (χ3v) is 4.76. The number of fused-ring (bicyclic) bond motifs is 5. The van der Waals surface area contributed by atoms with Crippen LogP contribution in [0.4, 0.5) is 5.69 Å². The molecule has 1 aliphatic carbocycles. The van der Waals surface area contributed by atoms with Crippen molar-refractivity contribution < 1.29 is 9.59 Å². The van der Waals surface area contributed by atoms with E-state index in [0.29, 0.717) is 11.1 Å². The van der Waals surface area contributed by atoms with Crippen molar-refractivity contribution in [3.05, 3.63) is 65.2 Å². The van der Waals surface area contributed by atoms with E-state index in [2.05, 4.69) is 0 Å². The van der Waals surface area contributed by atoms with E-state index in [9.17, 15) is 9.59 Å². The first-order valence-corrected chi connectivity index (χ1v) is 7.61. The molecule has 4 nitrogen and oxygen atoms in total. The van der Waals surface area contributed by atoms with Gasteiger partial charge in [-0.25, -0.2) is 0 Å². The molecule has 2 amide bonds. The summed E-state index contributed by atoms with van der Waals surface area (Å²) in [6, 6.07) is 15.3. The summed E-state index contributed by atoms with van der Waals surface area (Å²) in [6.45, 7) is 0. The number of hydrogen-bond donors (Lipinski definition) is 0. The molecule has 2 aromatic carbocycles. The van der Waals surface area contributed by atoms with Gasteiger partial charge in [-0.1, -0.05) is 30.3 Å². The van der Waals surface area contributed by atoms with E-state index < -0.39 is 0 Å². The summed E-state index contributed by atoms with van der Waals surface area (Å²) in [6.07, 6.45) is 1.77. The molecule has 0 unspecified atom stereocenters. The summed E-state index contributed by atoms with van der Waals surface area (Å²) in [7, 11) is 0. The Bertz CT molecular complexity index is 825. The van der Waals surface area contributed by atoms with Gasteiger partial charge >= 0.3 is 0 Å². The number of carbonyl (C=O) groups excluding carboxylic acids is 2. The summed E-state index contributed by atoms with van der Waals surface area (Å²) < 4.78 is 0. The number of benzene rings is 2. The zero-order chi connectivity index (χ0) is 14.8. The van der Waals surface area contributed by atoms with Gasteiger partial charge in [0.15, 0.2) is 0 Å². The number of amides is 2. The third kappa shape index (κ3) is 1.37. The van der Waals surface area contributed by atoms with Crippen LogP contribution in [0, 0.1) is 0 Å². The maximum absolute atomic E-state index is 12.9. The van der Waals surface area contributed by atoms with Crippen LogP contribution < -0.4 is 4.90 Å². The Morgan fingerprint density at radius 3 is 2.27 bits per heavy atom. The quantitative estimate of drug-likeness (QED) is 0.810. The molecule has 2 heterocycles. The van der Waals surface area contributed by atoms with E-state index in [0.717, 1.165) is 24.1 Å². The van der Waals surface area contributed by atoms with Gasteiger partial charge in [-0.15, -0.1) is 0 Å². The Balaban J connectivity index is 1.79. The average molecular weight is 290 g/mol. The van der Waals surface area contributed by atoms with Crippen molar-refractivity contribution in [1.29, 1.82) is 0 Å². The maximum Gasteiger partial charge on any atom is 0.260 e. The number of anilines is 1. The van der Waals surface area contributed by atoms with Gasteiger partial charge in [0.2, 0.25) is 0 Å². The molecule has 1 atom stereocenters. The van der Waals surface area contributed by atoms with Crippen LogP contribution in [0.5, 0.6) is 0 Å². The standard InChI is InChI=1S/C18H14N2O2/c21-17-13-6-2-1-5-12(13)16-19(11-9-10-11)18(22)14-7-3-4-8-15(14)20(16)17/h1-8,11,16H,9-10H2/t16-/m0/s1. The highest BCUT2D eigenvalue weighted by molar-refractivity contribution is 6.16. The molecule has 0 bridgehead atoms. The molecule has 22 heavy (non-hydrogen) atoms. The van der Waals surface area contributed by atoms with Crippen molar-refractivity contribution >= 4 is 17.5 Å². The molecule has 0 radical (unpaired) electrons. The first kappa shape index (κ1) is 12.0. The summed E-state index contributed by atoms with van der Waals surface area (Å²) >= 11 is 0. The fourth-order valence-corrected chi connectivity index (χ4v) is 3.65. The molecule has 1 saturated carbocycles. The lowest BCUT2D eigenvalue weighted by molar-refractivity contribution is 0.0630. The topological polar surface area (TPSA) is 40.6 Å². The lowest BCUT2D eigenvalue weighted by Gasteiger charge is -2.41. The zero-order valence-electron chi connectivity index (χ0n) is 11.9. The summed E-state index contributed by atoms with van der Waals surface area (Å²) in [5, 5.41) is 0. The molecule has 1 fully saturated rings. The van der Waals surface area contributed by atoms with Gasteiger partial charge in [0, 0.05) is 17.2 Å². The van der Waals surface area contributed by atoms with Crippen LogP contribution in [0.2, 0.25) is 0 Å². The summed E-state index contributed by atoms with van der Waals surface area (Å²) in [5.41, 5.74) is 3.02. The molecule has 0 spiro atoms. The molecule has 4 heteroatoms. The minimum atomic E-state index is -0.279. The van der Waals surface area contributed by atoms with Crippen molar-refractivity contribution in [2.75, 3.05) is 4.90 Å². The maximum atomic E-state index is 12.9. The van der Waals surface area contributed by atoms with E-state index >= 15 is 0 Å². The molecule has 0 N–H and O–H groups in total. The van der Waals surface area contributed by atoms with Gasteiger partial charge in [-0.05, 0) is 31.0 Å². The van der Waals surface area contributed by atoms with Crippen molar-refractivity contribution in [1.82, 2.24) is 4.90 Å². The molecule has 0 aromatic heterocycles. The van der Waals surface area contributed by atoms with Gasteiger partial charge in [0.25, 0.3) is 11.8 Å². The highest BCUT2D eigenvalue weighted by Crippen LogP contribution is 2.48. The van der Waals surface area contributed by atoms with E-state index in [1.54, 1.807) is 4.90 Å². The van der Waals surface area contributed by atoms with Gasteiger partial charge in [-0.3, -0.25) is 14.5 Å². The second-order valence-corrected chi connectivity index (χ2v) is 6.10. The Kier molecular flexibility index (Phi) is 2.16. The summed E-state index contributed by atoms with van der Waals surface area (Å²) in [4.78, 5) is 29.5. The lowest BCUT2D eigenvalue weighted by Crippen LogP contribution is -2.49. The molecule has 108 valence electrons. The van der Waals surface area contributed by atoms with Crippen LogP contribution in [-0.2, 0) is 0 Å². The Morgan fingerprint density at radius 2 is 1.50 bits per heavy atom. The normalized spacial score (nSPS) is 22.5. The van der Waals surface area contributed by atoms with Crippen LogP contribution in [-0.4, -0.2) is 22.8 Å². The van der Waals surface area contributed by atoms with E-state index in [4.69, 9.17) is 0 Å². The van der Waals surface area contributed by atoms with E-state index in [1.807, 2.05) is 53.4 Å². The number of para-hydroxylation sites is 1. The zero-order valence-corrected chi connectivity index (χ0v) is 11.9. The van der Waals surface area contributed by atoms with Crippen LogP contribution in [0.25, 0.3) is 0 Å². The predicted molar refractivity (Wildman–Crippen MR) is 81.6 cm³/mol. The Hall–Kier alpha value is -2.62. The molecular weight excluding hydrogens is 276 g/mol.